The molecule has 2 aliphatic rings. The number of amides is 1. The number of carbonyl (C=O) groups is 1. The van der Waals surface area contributed by atoms with Crippen molar-refractivity contribution in [1.29, 1.82) is 0 Å². The lowest BCUT2D eigenvalue weighted by Gasteiger charge is -2.39. The Morgan fingerprint density at radius 1 is 1.00 bits per heavy atom. The van der Waals surface area contributed by atoms with Gasteiger partial charge in [0.1, 0.15) is 5.60 Å². The molecule has 0 aliphatic carbocycles. The Hall–Kier alpha value is -0.770. The van der Waals surface area contributed by atoms with Gasteiger partial charge in [-0.1, -0.05) is 12.8 Å². The molecule has 4 nitrogen and oxygen atoms in total. The predicted octanol–water partition coefficient (Wildman–Crippen LogP) is 3.26. The Morgan fingerprint density at radius 2 is 1.65 bits per heavy atom. The molecule has 0 aromatic heterocycles. The van der Waals surface area contributed by atoms with Gasteiger partial charge in [0.05, 0.1) is 0 Å². The second-order valence-electron chi connectivity index (χ2n) is 7.17. The maximum Gasteiger partial charge on any atom is 0.410 e. The van der Waals surface area contributed by atoms with Crippen LogP contribution in [0.4, 0.5) is 4.79 Å². The largest absolute Gasteiger partial charge is 0.444 e. The topological polar surface area (TPSA) is 32.8 Å². The Morgan fingerprint density at radius 3 is 2.25 bits per heavy atom. The zero-order valence-electron chi connectivity index (χ0n) is 13.4. The Balaban J connectivity index is 1.89. The van der Waals surface area contributed by atoms with E-state index in [1.54, 1.807) is 0 Å². The van der Waals surface area contributed by atoms with Crippen LogP contribution in [-0.2, 0) is 4.74 Å². The van der Waals surface area contributed by atoms with Crippen LogP contribution in [0.1, 0.15) is 59.3 Å². The zero-order valence-corrected chi connectivity index (χ0v) is 13.4. The van der Waals surface area contributed by atoms with Gasteiger partial charge >= 0.3 is 6.09 Å². The van der Waals surface area contributed by atoms with Crippen LogP contribution in [0.25, 0.3) is 0 Å². The van der Waals surface area contributed by atoms with E-state index in [-0.39, 0.29) is 6.09 Å². The summed E-state index contributed by atoms with van der Waals surface area (Å²) in [4.78, 5) is 16.7. The second kappa shape index (κ2) is 6.79. The normalized spacial score (nSPS) is 26.1. The smallest absolute Gasteiger partial charge is 0.410 e. The van der Waals surface area contributed by atoms with Gasteiger partial charge in [-0.2, -0.15) is 0 Å². The third kappa shape index (κ3) is 4.65. The molecule has 0 radical (unpaired) electrons. The standard InChI is InChI=1S/C16H30N2O2/c1-16(2,3)20-15(19)18-12-8-9-14(13-18)17-10-6-4-5-7-11-17/h14H,4-13H2,1-3H3. The number of ether oxygens (including phenoxy) is 1. The minimum atomic E-state index is -0.396. The van der Waals surface area contributed by atoms with E-state index in [1.807, 2.05) is 25.7 Å². The van der Waals surface area contributed by atoms with Crippen molar-refractivity contribution in [2.75, 3.05) is 26.2 Å². The molecule has 1 atom stereocenters. The molecule has 0 aromatic carbocycles. The van der Waals surface area contributed by atoms with Gasteiger partial charge in [-0.3, -0.25) is 4.90 Å². The molecule has 0 N–H and O–H groups in total. The fraction of sp³-hybridized carbons (Fsp3) is 0.938. The summed E-state index contributed by atoms with van der Waals surface area (Å²) in [5.41, 5.74) is -0.396. The summed E-state index contributed by atoms with van der Waals surface area (Å²) in [7, 11) is 0. The summed E-state index contributed by atoms with van der Waals surface area (Å²) < 4.78 is 5.51. The van der Waals surface area contributed by atoms with E-state index in [1.165, 1.54) is 45.2 Å². The van der Waals surface area contributed by atoms with Crippen molar-refractivity contribution in [3.05, 3.63) is 0 Å². The molecule has 116 valence electrons. The second-order valence-corrected chi connectivity index (χ2v) is 7.17. The van der Waals surface area contributed by atoms with Gasteiger partial charge in [0.15, 0.2) is 0 Å². The van der Waals surface area contributed by atoms with E-state index in [2.05, 4.69) is 4.90 Å². The summed E-state index contributed by atoms with van der Waals surface area (Å²) >= 11 is 0. The van der Waals surface area contributed by atoms with Crippen LogP contribution in [-0.4, -0.2) is 53.7 Å². The molecular weight excluding hydrogens is 252 g/mol. The first-order valence-electron chi connectivity index (χ1n) is 8.18. The van der Waals surface area contributed by atoms with E-state index < -0.39 is 5.60 Å². The molecule has 2 aliphatic heterocycles. The van der Waals surface area contributed by atoms with Crippen LogP contribution in [0.3, 0.4) is 0 Å². The van der Waals surface area contributed by atoms with Gasteiger partial charge in [-0.05, 0) is 59.5 Å². The molecule has 4 heteroatoms. The number of likely N-dealkylation sites (tertiary alicyclic amines) is 2. The summed E-state index contributed by atoms with van der Waals surface area (Å²) in [6.07, 6.45) is 7.51. The van der Waals surface area contributed by atoms with E-state index in [9.17, 15) is 4.79 Å². The number of hydrogen-bond acceptors (Lipinski definition) is 3. The Kier molecular flexibility index (Phi) is 5.30. The van der Waals surface area contributed by atoms with Crippen LogP contribution in [0.5, 0.6) is 0 Å². The average molecular weight is 282 g/mol. The monoisotopic (exact) mass is 282 g/mol. The molecule has 1 unspecified atom stereocenters. The summed E-state index contributed by atoms with van der Waals surface area (Å²) in [5.74, 6) is 0. The van der Waals surface area contributed by atoms with Gasteiger partial charge in [-0.25, -0.2) is 4.79 Å². The summed E-state index contributed by atoms with van der Waals surface area (Å²) in [6.45, 7) is 9.89. The highest BCUT2D eigenvalue weighted by Crippen LogP contribution is 2.21. The van der Waals surface area contributed by atoms with Crippen molar-refractivity contribution in [3.63, 3.8) is 0 Å². The van der Waals surface area contributed by atoms with Crippen LogP contribution in [0.2, 0.25) is 0 Å². The van der Waals surface area contributed by atoms with Crippen molar-refractivity contribution in [2.24, 2.45) is 0 Å². The maximum atomic E-state index is 12.2. The molecular formula is C16H30N2O2. The van der Waals surface area contributed by atoms with Gasteiger partial charge in [0.25, 0.3) is 0 Å². The fourth-order valence-electron chi connectivity index (χ4n) is 3.21. The van der Waals surface area contributed by atoms with Gasteiger partial charge < -0.3 is 9.64 Å². The molecule has 2 fully saturated rings. The van der Waals surface area contributed by atoms with Crippen molar-refractivity contribution in [1.82, 2.24) is 9.80 Å². The third-order valence-electron chi connectivity index (χ3n) is 4.21. The van der Waals surface area contributed by atoms with Gasteiger partial charge in [-0.15, -0.1) is 0 Å². The van der Waals surface area contributed by atoms with Crippen LogP contribution < -0.4 is 0 Å². The predicted molar refractivity (Wildman–Crippen MR) is 80.9 cm³/mol. The molecule has 0 spiro atoms. The molecule has 2 saturated heterocycles. The first kappa shape index (κ1) is 15.6. The van der Waals surface area contributed by atoms with Gasteiger partial charge in [0.2, 0.25) is 0 Å². The molecule has 0 bridgehead atoms. The lowest BCUT2D eigenvalue weighted by atomic mass is 10.0. The van der Waals surface area contributed by atoms with Crippen molar-refractivity contribution in [3.8, 4) is 0 Å². The maximum absolute atomic E-state index is 12.2. The number of rotatable bonds is 1. The van der Waals surface area contributed by atoms with E-state index in [0.29, 0.717) is 6.04 Å². The SMILES string of the molecule is CC(C)(C)OC(=O)N1CCCC(N2CCCCCC2)C1. The third-order valence-corrected chi connectivity index (χ3v) is 4.21. The minimum absolute atomic E-state index is 0.142. The highest BCUT2D eigenvalue weighted by Gasteiger charge is 2.30. The van der Waals surface area contributed by atoms with E-state index in [0.717, 1.165) is 19.5 Å². The van der Waals surface area contributed by atoms with E-state index >= 15 is 0 Å². The average Bonchev–Trinajstić information content (AvgIpc) is 2.66. The lowest BCUT2D eigenvalue weighted by Crippen LogP contribution is -2.51. The minimum Gasteiger partial charge on any atom is -0.444 e. The number of nitrogens with zero attached hydrogens (tertiary/aromatic N) is 2. The van der Waals surface area contributed by atoms with E-state index in [4.69, 9.17) is 4.74 Å². The van der Waals surface area contributed by atoms with Crippen molar-refractivity contribution < 1.29 is 9.53 Å². The zero-order chi connectivity index (χ0) is 14.6. The summed E-state index contributed by atoms with van der Waals surface area (Å²) in [6, 6.07) is 0.536. The first-order chi connectivity index (χ1) is 9.46. The highest BCUT2D eigenvalue weighted by molar-refractivity contribution is 5.68. The Bertz CT molecular complexity index is 317. The number of carbonyl (C=O) groups excluding carboxylic acids is 1. The molecule has 0 saturated carbocycles. The number of hydrogen-bond donors (Lipinski definition) is 0. The first-order valence-corrected chi connectivity index (χ1v) is 8.18. The summed E-state index contributed by atoms with van der Waals surface area (Å²) in [5, 5.41) is 0. The lowest BCUT2D eigenvalue weighted by molar-refractivity contribution is 0.0108. The molecule has 20 heavy (non-hydrogen) atoms. The van der Waals surface area contributed by atoms with Crippen LogP contribution in [0.15, 0.2) is 0 Å². The number of piperidine rings is 1. The van der Waals surface area contributed by atoms with Gasteiger partial charge in [0, 0.05) is 19.1 Å². The van der Waals surface area contributed by atoms with Crippen molar-refractivity contribution >= 4 is 6.09 Å². The molecule has 2 rings (SSSR count). The Labute approximate surface area is 123 Å². The fourth-order valence-corrected chi connectivity index (χ4v) is 3.21. The quantitative estimate of drug-likeness (QED) is 0.740. The van der Waals surface area contributed by atoms with Crippen molar-refractivity contribution in [2.45, 2.75) is 70.9 Å². The van der Waals surface area contributed by atoms with Crippen LogP contribution >= 0.6 is 0 Å². The molecule has 1 amide bonds. The highest BCUT2D eigenvalue weighted by atomic mass is 16.6. The molecule has 0 aromatic rings. The van der Waals surface area contributed by atoms with Crippen LogP contribution in [0, 0.1) is 0 Å². The molecule has 2 heterocycles.